The number of primary amides is 1. The second kappa shape index (κ2) is 8.22. The average molecular weight is 462 g/mol. The van der Waals surface area contributed by atoms with Crippen molar-refractivity contribution in [3.63, 3.8) is 0 Å². The summed E-state index contributed by atoms with van der Waals surface area (Å²) in [6.07, 6.45) is 0.118. The van der Waals surface area contributed by atoms with Crippen molar-refractivity contribution in [2.45, 2.75) is 25.4 Å². The van der Waals surface area contributed by atoms with Gasteiger partial charge < -0.3 is 24.9 Å². The number of fused-ring (bicyclic) bond motifs is 2. The molecule has 2 aromatic heterocycles. The molecule has 3 N–H and O–H groups in total. The predicted octanol–water partition coefficient (Wildman–Crippen LogP) is 3.15. The molecule has 2 amide bonds. The van der Waals surface area contributed by atoms with Gasteiger partial charge in [0.15, 0.2) is 5.76 Å². The fourth-order valence-electron chi connectivity index (χ4n) is 4.58. The van der Waals surface area contributed by atoms with Gasteiger partial charge in [-0.15, -0.1) is 0 Å². The van der Waals surface area contributed by atoms with E-state index in [1.807, 2.05) is 24.3 Å². The predicted molar refractivity (Wildman–Crippen MR) is 122 cm³/mol. The summed E-state index contributed by atoms with van der Waals surface area (Å²) in [5.41, 5.74) is 6.96. The molecule has 1 atom stereocenters. The lowest BCUT2D eigenvalue weighted by molar-refractivity contribution is -0.133. The van der Waals surface area contributed by atoms with Crippen LogP contribution in [0.1, 0.15) is 35.8 Å². The summed E-state index contributed by atoms with van der Waals surface area (Å²) in [7, 11) is 1.38. The highest BCUT2D eigenvalue weighted by Crippen LogP contribution is 2.41. The largest absolute Gasteiger partial charge is 0.495 e. The van der Waals surface area contributed by atoms with E-state index in [9.17, 15) is 19.5 Å². The number of carbonyl (C=O) groups is 3. The van der Waals surface area contributed by atoms with Crippen LogP contribution in [0.2, 0.25) is 0 Å². The average Bonchev–Trinajstić information content (AvgIpc) is 3.52. The number of likely N-dealkylation sites (tertiary alicyclic amines) is 1. The lowest BCUT2D eigenvalue weighted by atomic mass is 10.1. The number of nitrogens with zero attached hydrogens (tertiary/aromatic N) is 3. The van der Waals surface area contributed by atoms with Gasteiger partial charge in [-0.25, -0.2) is 9.48 Å². The van der Waals surface area contributed by atoms with Gasteiger partial charge in [-0.2, -0.15) is 5.10 Å². The number of carbonyl (C=O) groups excluding carboxylic acids is 2. The van der Waals surface area contributed by atoms with Crippen molar-refractivity contribution in [3.8, 4) is 17.2 Å². The number of aromatic nitrogens is 2. The molecule has 0 bridgehead atoms. The summed E-state index contributed by atoms with van der Waals surface area (Å²) < 4.78 is 13.1. The summed E-state index contributed by atoms with van der Waals surface area (Å²) in [6, 6.07) is 12.2. The quantitative estimate of drug-likeness (QED) is 0.430. The Morgan fingerprint density at radius 2 is 2.06 bits per heavy atom. The third-order valence-corrected chi connectivity index (χ3v) is 6.06. The molecule has 0 saturated carbocycles. The number of furan rings is 1. The van der Waals surface area contributed by atoms with Crippen molar-refractivity contribution in [2.24, 2.45) is 5.73 Å². The minimum Gasteiger partial charge on any atom is -0.495 e. The second-order valence-electron chi connectivity index (χ2n) is 8.13. The number of aromatic carboxylic acids is 1. The van der Waals surface area contributed by atoms with Crippen LogP contribution in [0.15, 0.2) is 46.9 Å². The molecule has 0 aliphatic carbocycles. The summed E-state index contributed by atoms with van der Waals surface area (Å²) >= 11 is 0. The van der Waals surface area contributed by atoms with Gasteiger partial charge in [0.25, 0.3) is 0 Å². The highest BCUT2D eigenvalue weighted by Gasteiger charge is 2.34. The van der Waals surface area contributed by atoms with Crippen LogP contribution >= 0.6 is 0 Å². The summed E-state index contributed by atoms with van der Waals surface area (Å²) in [5, 5.41) is 15.7. The minimum absolute atomic E-state index is 0.0457. The third-order valence-electron chi connectivity index (χ3n) is 6.06. The zero-order valence-corrected chi connectivity index (χ0v) is 18.4. The van der Waals surface area contributed by atoms with Crippen LogP contribution in [0.4, 0.5) is 0 Å². The topological polar surface area (TPSA) is 141 Å². The van der Waals surface area contributed by atoms with E-state index < -0.39 is 18.0 Å². The standard InChI is InChI=1S/C24H22N4O6/c1-33-23-14(24(31)32)8-9-15-21(23)22(17-11-13-5-2-3-6-16(13)34-17)26-28(15)19(12-18(25)29)27-10-4-7-20(27)30/h2-3,5-6,8-9,11,19H,4,7,10,12H2,1H3,(H2,25,29)(H,31,32). The van der Waals surface area contributed by atoms with Gasteiger partial charge in [0, 0.05) is 18.4 Å². The van der Waals surface area contributed by atoms with E-state index >= 15 is 0 Å². The molecular weight excluding hydrogens is 440 g/mol. The Morgan fingerprint density at radius 1 is 1.26 bits per heavy atom. The maximum Gasteiger partial charge on any atom is 0.339 e. The van der Waals surface area contributed by atoms with Crippen LogP contribution < -0.4 is 10.5 Å². The Balaban J connectivity index is 1.81. The number of amides is 2. The van der Waals surface area contributed by atoms with Crippen LogP contribution in [-0.4, -0.2) is 51.2 Å². The summed E-state index contributed by atoms with van der Waals surface area (Å²) in [5.74, 6) is -1.35. The SMILES string of the molecule is COc1c(C(=O)O)ccc2c1c(-c1cc3ccccc3o1)nn2C(CC(N)=O)N1CCCC1=O. The molecule has 1 fully saturated rings. The van der Waals surface area contributed by atoms with Crippen molar-refractivity contribution in [3.05, 3.63) is 48.0 Å². The lowest BCUT2D eigenvalue weighted by Crippen LogP contribution is -2.37. The second-order valence-corrected chi connectivity index (χ2v) is 8.13. The van der Waals surface area contributed by atoms with Crippen LogP contribution in [0, 0.1) is 0 Å². The first kappa shape index (κ1) is 21.5. The number of hydrogen-bond donors (Lipinski definition) is 2. The first-order valence-electron chi connectivity index (χ1n) is 10.8. The number of carboxylic acid groups (broad SMARTS) is 1. The fraction of sp³-hybridized carbons (Fsp3) is 0.250. The van der Waals surface area contributed by atoms with Crippen molar-refractivity contribution in [1.29, 1.82) is 0 Å². The molecule has 34 heavy (non-hydrogen) atoms. The fourth-order valence-corrected chi connectivity index (χ4v) is 4.58. The lowest BCUT2D eigenvalue weighted by Gasteiger charge is -2.27. The highest BCUT2D eigenvalue weighted by atomic mass is 16.5. The van der Waals surface area contributed by atoms with E-state index in [-0.39, 0.29) is 23.6 Å². The van der Waals surface area contributed by atoms with Crippen LogP contribution in [0.5, 0.6) is 5.75 Å². The third kappa shape index (κ3) is 3.43. The Hall–Kier alpha value is -4.34. The van der Waals surface area contributed by atoms with Crippen molar-refractivity contribution in [2.75, 3.05) is 13.7 Å². The Kier molecular flexibility index (Phi) is 5.20. The highest BCUT2D eigenvalue weighted by molar-refractivity contribution is 6.05. The van der Waals surface area contributed by atoms with Gasteiger partial charge in [-0.05, 0) is 30.7 Å². The Bertz CT molecular complexity index is 1420. The summed E-state index contributed by atoms with van der Waals surface area (Å²) in [6.45, 7) is 0.461. The number of rotatable bonds is 7. The van der Waals surface area contributed by atoms with E-state index in [0.717, 1.165) is 5.39 Å². The monoisotopic (exact) mass is 462 g/mol. The molecule has 10 nitrogen and oxygen atoms in total. The van der Waals surface area contributed by atoms with E-state index in [0.29, 0.717) is 47.3 Å². The van der Waals surface area contributed by atoms with Gasteiger partial charge in [-0.1, -0.05) is 18.2 Å². The van der Waals surface area contributed by atoms with Crippen molar-refractivity contribution < 1.29 is 28.6 Å². The molecule has 2 aromatic carbocycles. The number of methoxy groups -OCH3 is 1. The first-order valence-corrected chi connectivity index (χ1v) is 10.8. The molecule has 0 radical (unpaired) electrons. The van der Waals surface area contributed by atoms with Crippen LogP contribution in [0.25, 0.3) is 33.3 Å². The molecule has 0 spiro atoms. The maximum atomic E-state index is 12.6. The van der Waals surface area contributed by atoms with E-state index in [1.165, 1.54) is 13.2 Å². The van der Waals surface area contributed by atoms with Gasteiger partial charge in [0.05, 0.1) is 24.4 Å². The molecule has 10 heteroatoms. The van der Waals surface area contributed by atoms with Gasteiger partial charge >= 0.3 is 5.97 Å². The van der Waals surface area contributed by atoms with Gasteiger partial charge in [0.2, 0.25) is 11.8 Å². The normalized spacial score (nSPS) is 14.7. The molecule has 4 aromatic rings. The minimum atomic E-state index is -1.16. The smallest absolute Gasteiger partial charge is 0.339 e. The van der Waals surface area contributed by atoms with Crippen LogP contribution in [-0.2, 0) is 9.59 Å². The van der Waals surface area contributed by atoms with E-state index in [1.54, 1.807) is 21.7 Å². The molecule has 174 valence electrons. The molecule has 1 saturated heterocycles. The number of benzene rings is 2. The Labute approximate surface area is 193 Å². The van der Waals surface area contributed by atoms with Gasteiger partial charge in [0.1, 0.15) is 28.8 Å². The van der Waals surface area contributed by atoms with Crippen LogP contribution in [0.3, 0.4) is 0 Å². The maximum absolute atomic E-state index is 12.6. The molecule has 3 heterocycles. The molecule has 1 aliphatic heterocycles. The van der Waals surface area contributed by atoms with E-state index in [2.05, 4.69) is 0 Å². The Morgan fingerprint density at radius 3 is 2.71 bits per heavy atom. The first-order chi connectivity index (χ1) is 16.4. The number of hydrogen-bond acceptors (Lipinski definition) is 6. The zero-order chi connectivity index (χ0) is 24.0. The van der Waals surface area contributed by atoms with E-state index in [4.69, 9.17) is 20.0 Å². The van der Waals surface area contributed by atoms with Gasteiger partial charge in [-0.3, -0.25) is 9.59 Å². The van der Waals surface area contributed by atoms with Crippen molar-refractivity contribution >= 4 is 39.7 Å². The number of carboxylic acids is 1. The molecular formula is C24H22N4O6. The number of nitrogens with two attached hydrogens (primary N) is 1. The molecule has 5 rings (SSSR count). The number of para-hydroxylation sites is 1. The number of ether oxygens (including phenoxy) is 1. The molecule has 1 unspecified atom stereocenters. The van der Waals surface area contributed by atoms with Crippen molar-refractivity contribution in [1.82, 2.24) is 14.7 Å². The summed E-state index contributed by atoms with van der Waals surface area (Å²) in [4.78, 5) is 38.0. The zero-order valence-electron chi connectivity index (χ0n) is 18.4. The molecule has 1 aliphatic rings.